The number of rotatable bonds is 5. The average Bonchev–Trinajstić information content (AvgIpc) is 3.00. The monoisotopic (exact) mass is 389 g/mol. The highest BCUT2D eigenvalue weighted by molar-refractivity contribution is 8.00. The first-order valence-electron chi connectivity index (χ1n) is 7.60. The molecule has 1 heterocycles. The summed E-state index contributed by atoms with van der Waals surface area (Å²) >= 11 is 9.08. The smallest absolute Gasteiger partial charge is 0.259 e. The van der Waals surface area contributed by atoms with E-state index in [0.717, 1.165) is 15.7 Å². The first-order chi connectivity index (χ1) is 12.0. The lowest BCUT2D eigenvalue weighted by atomic mass is 10.1. The van der Waals surface area contributed by atoms with Crippen molar-refractivity contribution in [3.05, 3.63) is 69.7 Å². The van der Waals surface area contributed by atoms with E-state index in [1.807, 2.05) is 19.1 Å². The Morgan fingerprint density at radius 1 is 1.16 bits per heavy atom. The van der Waals surface area contributed by atoms with Crippen molar-refractivity contribution in [2.45, 2.75) is 23.9 Å². The molecule has 0 bridgehead atoms. The number of hydrogen-bond acceptors (Lipinski definition) is 5. The molecule has 0 spiro atoms. The second kappa shape index (κ2) is 7.99. The Bertz CT molecular complexity index is 911. The van der Waals surface area contributed by atoms with Crippen LogP contribution in [0.2, 0.25) is 5.02 Å². The van der Waals surface area contributed by atoms with Gasteiger partial charge in [-0.1, -0.05) is 70.6 Å². The number of carbonyl (C=O) groups excluding carboxylic acids is 1. The number of aryl methyl sites for hydroxylation is 2. The summed E-state index contributed by atoms with van der Waals surface area (Å²) in [5.41, 5.74) is 3.90. The van der Waals surface area contributed by atoms with E-state index >= 15 is 0 Å². The zero-order valence-electron chi connectivity index (χ0n) is 13.7. The Labute approximate surface area is 159 Å². The van der Waals surface area contributed by atoms with Gasteiger partial charge >= 0.3 is 0 Å². The van der Waals surface area contributed by atoms with Gasteiger partial charge in [0.1, 0.15) is 0 Å². The Hall–Kier alpha value is -1.89. The van der Waals surface area contributed by atoms with Crippen molar-refractivity contribution in [2.75, 3.05) is 5.32 Å². The van der Waals surface area contributed by atoms with Crippen molar-refractivity contribution in [1.29, 1.82) is 0 Å². The fourth-order valence-corrected chi connectivity index (χ4v) is 4.25. The molecule has 4 nitrogen and oxygen atoms in total. The second-order valence-corrected chi connectivity index (χ2v) is 8.20. The van der Waals surface area contributed by atoms with E-state index < -0.39 is 0 Å². The molecule has 3 aromatic rings. The van der Waals surface area contributed by atoms with Crippen molar-refractivity contribution in [2.24, 2.45) is 0 Å². The van der Waals surface area contributed by atoms with Crippen LogP contribution in [0.4, 0.5) is 5.13 Å². The van der Waals surface area contributed by atoms with Crippen LogP contribution in [-0.4, -0.2) is 16.1 Å². The molecule has 0 aliphatic carbocycles. The lowest BCUT2D eigenvalue weighted by Gasteiger charge is -2.04. The Balaban J connectivity index is 1.62. The third-order valence-corrected chi connectivity index (χ3v) is 5.80. The molecule has 0 radical (unpaired) electrons. The molecule has 1 N–H and O–H groups in total. The van der Waals surface area contributed by atoms with Gasteiger partial charge in [-0.2, -0.15) is 0 Å². The fourth-order valence-electron chi connectivity index (χ4n) is 2.23. The summed E-state index contributed by atoms with van der Waals surface area (Å²) < 4.78 is 0.812. The van der Waals surface area contributed by atoms with Crippen LogP contribution in [0.1, 0.15) is 27.0 Å². The summed E-state index contributed by atoms with van der Waals surface area (Å²) in [5.74, 6) is 0.532. The van der Waals surface area contributed by atoms with Crippen LogP contribution in [0.5, 0.6) is 0 Å². The molecule has 0 aliphatic heterocycles. The molecule has 1 amide bonds. The summed E-state index contributed by atoms with van der Waals surface area (Å²) in [7, 11) is 0. The first-order valence-corrected chi connectivity index (χ1v) is 9.78. The first kappa shape index (κ1) is 17.9. The zero-order valence-corrected chi connectivity index (χ0v) is 16.1. The minimum atomic E-state index is -0.281. The molecule has 7 heteroatoms. The van der Waals surface area contributed by atoms with Crippen LogP contribution in [0.25, 0.3) is 0 Å². The third kappa shape index (κ3) is 4.81. The highest BCUT2D eigenvalue weighted by Gasteiger charge is 2.13. The van der Waals surface area contributed by atoms with Crippen LogP contribution in [0.3, 0.4) is 0 Å². The molecule has 0 atom stereocenters. The predicted molar refractivity (Wildman–Crippen MR) is 105 cm³/mol. The van der Waals surface area contributed by atoms with Crippen LogP contribution >= 0.6 is 34.7 Å². The lowest BCUT2D eigenvalue weighted by Crippen LogP contribution is -2.12. The SMILES string of the molecule is Cc1cccc(CSc2nnc(NC(=O)c3ccc(C)cc3Cl)s2)c1. The Kier molecular flexibility index (Phi) is 5.73. The third-order valence-electron chi connectivity index (χ3n) is 3.44. The molecule has 25 heavy (non-hydrogen) atoms. The molecule has 0 unspecified atom stereocenters. The van der Waals surface area contributed by atoms with E-state index in [1.165, 1.54) is 22.5 Å². The molecule has 0 saturated carbocycles. The van der Waals surface area contributed by atoms with Gasteiger partial charge in [0.15, 0.2) is 4.34 Å². The van der Waals surface area contributed by atoms with Gasteiger partial charge in [-0.15, -0.1) is 10.2 Å². The van der Waals surface area contributed by atoms with E-state index in [0.29, 0.717) is 15.7 Å². The minimum Gasteiger partial charge on any atom is -0.296 e. The van der Waals surface area contributed by atoms with Gasteiger partial charge in [-0.05, 0) is 37.1 Å². The van der Waals surface area contributed by atoms with Gasteiger partial charge in [-0.3, -0.25) is 10.1 Å². The molecule has 2 aromatic carbocycles. The van der Waals surface area contributed by atoms with Crippen molar-refractivity contribution in [3.63, 3.8) is 0 Å². The van der Waals surface area contributed by atoms with E-state index in [1.54, 1.807) is 23.9 Å². The molecule has 0 aliphatic rings. The van der Waals surface area contributed by atoms with E-state index in [9.17, 15) is 4.79 Å². The molecule has 0 fully saturated rings. The Morgan fingerprint density at radius 2 is 1.96 bits per heavy atom. The lowest BCUT2D eigenvalue weighted by molar-refractivity contribution is 0.102. The number of carbonyl (C=O) groups is 1. The quantitative estimate of drug-likeness (QED) is 0.471. The van der Waals surface area contributed by atoms with Crippen molar-refractivity contribution in [1.82, 2.24) is 10.2 Å². The van der Waals surface area contributed by atoms with Gasteiger partial charge < -0.3 is 0 Å². The maximum atomic E-state index is 12.3. The van der Waals surface area contributed by atoms with Gasteiger partial charge in [0, 0.05) is 5.75 Å². The number of hydrogen-bond donors (Lipinski definition) is 1. The molecule has 0 saturated heterocycles. The number of amides is 1. The van der Waals surface area contributed by atoms with Crippen LogP contribution < -0.4 is 5.32 Å². The molecule has 1 aromatic heterocycles. The summed E-state index contributed by atoms with van der Waals surface area (Å²) in [5, 5.41) is 11.8. The van der Waals surface area contributed by atoms with E-state index in [-0.39, 0.29) is 5.91 Å². The topological polar surface area (TPSA) is 54.9 Å². The number of nitrogens with one attached hydrogen (secondary N) is 1. The largest absolute Gasteiger partial charge is 0.296 e. The van der Waals surface area contributed by atoms with E-state index in [2.05, 4.69) is 40.6 Å². The highest BCUT2D eigenvalue weighted by Crippen LogP contribution is 2.29. The highest BCUT2D eigenvalue weighted by atomic mass is 35.5. The van der Waals surface area contributed by atoms with E-state index in [4.69, 9.17) is 11.6 Å². The summed E-state index contributed by atoms with van der Waals surface area (Å²) in [4.78, 5) is 12.3. The fraction of sp³-hybridized carbons (Fsp3) is 0.167. The van der Waals surface area contributed by atoms with Crippen molar-refractivity contribution < 1.29 is 4.79 Å². The van der Waals surface area contributed by atoms with Gasteiger partial charge in [0.2, 0.25) is 5.13 Å². The maximum Gasteiger partial charge on any atom is 0.259 e. The summed E-state index contributed by atoms with van der Waals surface area (Å²) in [6.45, 7) is 4.00. The van der Waals surface area contributed by atoms with Crippen LogP contribution in [0.15, 0.2) is 46.8 Å². The molecular weight excluding hydrogens is 374 g/mol. The number of nitrogens with zero attached hydrogens (tertiary/aromatic N) is 2. The summed E-state index contributed by atoms with van der Waals surface area (Å²) in [6, 6.07) is 13.7. The van der Waals surface area contributed by atoms with Crippen molar-refractivity contribution >= 4 is 45.7 Å². The van der Waals surface area contributed by atoms with Crippen molar-refractivity contribution in [3.8, 4) is 0 Å². The average molecular weight is 390 g/mol. The Morgan fingerprint density at radius 3 is 2.72 bits per heavy atom. The molecule has 128 valence electrons. The van der Waals surface area contributed by atoms with Gasteiger partial charge in [-0.25, -0.2) is 0 Å². The number of benzene rings is 2. The maximum absolute atomic E-state index is 12.3. The number of aromatic nitrogens is 2. The van der Waals surface area contributed by atoms with Gasteiger partial charge in [0.05, 0.1) is 10.6 Å². The van der Waals surface area contributed by atoms with Crippen LogP contribution in [0, 0.1) is 13.8 Å². The zero-order chi connectivity index (χ0) is 17.8. The second-order valence-electron chi connectivity index (χ2n) is 5.59. The molecule has 3 rings (SSSR count). The predicted octanol–water partition coefficient (Wildman–Crippen LogP) is 5.35. The standard InChI is InChI=1S/C18H16ClN3OS2/c1-11-4-3-5-13(8-11)10-24-18-22-21-17(25-18)20-16(23)14-7-6-12(2)9-15(14)19/h3-9H,10H2,1-2H3,(H,20,21,23). The number of anilines is 1. The summed E-state index contributed by atoms with van der Waals surface area (Å²) in [6.07, 6.45) is 0. The normalized spacial score (nSPS) is 10.7. The number of thioether (sulfide) groups is 1. The number of halogens is 1. The van der Waals surface area contributed by atoms with Crippen LogP contribution in [-0.2, 0) is 5.75 Å². The minimum absolute atomic E-state index is 0.281. The van der Waals surface area contributed by atoms with Gasteiger partial charge in [0.25, 0.3) is 5.91 Å². The molecular formula is C18H16ClN3OS2.